The van der Waals surface area contributed by atoms with Crippen LogP contribution in [0.25, 0.3) is 0 Å². The van der Waals surface area contributed by atoms with Crippen LogP contribution in [0.5, 0.6) is 5.75 Å². The Balaban J connectivity index is 1.81. The first-order valence-electron chi connectivity index (χ1n) is 11.9. The molecule has 1 atom stereocenters. The Morgan fingerprint density at radius 2 is 1.66 bits per heavy atom. The first-order chi connectivity index (χ1) is 16.1. The van der Waals surface area contributed by atoms with Crippen LogP contribution < -0.4 is 20.7 Å². The fourth-order valence-electron chi connectivity index (χ4n) is 4.30. The third-order valence-electron chi connectivity index (χ3n) is 5.40. The molecular weight excluding hydrogens is 450 g/mol. The lowest BCUT2D eigenvalue weighted by molar-refractivity contribution is -0.134. The summed E-state index contributed by atoms with van der Waals surface area (Å²) >= 11 is 0. The molecule has 4 amide bonds. The van der Waals surface area contributed by atoms with E-state index in [1.807, 2.05) is 48.5 Å². The van der Waals surface area contributed by atoms with Crippen molar-refractivity contribution < 1.29 is 28.7 Å². The van der Waals surface area contributed by atoms with Crippen LogP contribution in [0.4, 0.5) is 4.79 Å². The summed E-state index contributed by atoms with van der Waals surface area (Å²) in [4.78, 5) is 47.8. The summed E-state index contributed by atoms with van der Waals surface area (Å²) in [7, 11) is 0. The molecule has 1 aromatic carbocycles. The number of alkyl carbamates (subject to hydrolysis) is 1. The van der Waals surface area contributed by atoms with Gasteiger partial charge in [-0.1, -0.05) is 26.0 Å². The van der Waals surface area contributed by atoms with Gasteiger partial charge in [-0.2, -0.15) is 0 Å². The molecule has 3 N–H and O–H groups in total. The van der Waals surface area contributed by atoms with E-state index in [1.54, 1.807) is 24.3 Å². The molecule has 1 saturated heterocycles. The number of amides is 4. The summed E-state index contributed by atoms with van der Waals surface area (Å²) in [6.45, 7) is 13.6. The van der Waals surface area contributed by atoms with Crippen molar-refractivity contribution in [3.63, 3.8) is 0 Å². The maximum atomic E-state index is 12.5. The van der Waals surface area contributed by atoms with Gasteiger partial charge in [0, 0.05) is 18.5 Å². The molecule has 1 aliphatic rings. The predicted molar refractivity (Wildman–Crippen MR) is 132 cm³/mol. The maximum Gasteiger partial charge on any atom is 0.407 e. The van der Waals surface area contributed by atoms with E-state index in [4.69, 9.17) is 9.47 Å². The van der Waals surface area contributed by atoms with E-state index < -0.39 is 17.2 Å². The van der Waals surface area contributed by atoms with E-state index in [9.17, 15) is 19.2 Å². The van der Waals surface area contributed by atoms with Crippen LogP contribution in [0.15, 0.2) is 24.3 Å². The van der Waals surface area contributed by atoms with Crippen molar-refractivity contribution in [3.8, 4) is 5.75 Å². The average Bonchev–Trinajstić information content (AvgIpc) is 2.69. The molecule has 0 aromatic heterocycles. The van der Waals surface area contributed by atoms with E-state index in [0.717, 1.165) is 5.56 Å². The number of imide groups is 1. The number of hydrogen-bond donors (Lipinski definition) is 3. The zero-order chi connectivity index (χ0) is 26.4. The van der Waals surface area contributed by atoms with Crippen LogP contribution in [-0.4, -0.2) is 48.1 Å². The van der Waals surface area contributed by atoms with Gasteiger partial charge >= 0.3 is 6.09 Å². The second-order valence-electron chi connectivity index (χ2n) is 11.5. The second kappa shape index (κ2) is 11.1. The Labute approximate surface area is 207 Å². The number of carbonyl (C=O) groups is 4. The summed E-state index contributed by atoms with van der Waals surface area (Å²) in [6, 6.07) is 6.97. The molecule has 0 aliphatic carbocycles. The highest BCUT2D eigenvalue weighted by Gasteiger charge is 2.31. The van der Waals surface area contributed by atoms with E-state index in [1.165, 1.54) is 0 Å². The van der Waals surface area contributed by atoms with Crippen molar-refractivity contribution >= 4 is 23.8 Å². The minimum atomic E-state index is -0.563. The summed E-state index contributed by atoms with van der Waals surface area (Å²) in [5.74, 6) is -0.654. The molecule has 0 spiro atoms. The highest BCUT2D eigenvalue weighted by Crippen LogP contribution is 2.28. The first-order valence-corrected chi connectivity index (χ1v) is 11.9. The molecule has 0 saturated carbocycles. The van der Waals surface area contributed by atoms with Gasteiger partial charge in [0.1, 0.15) is 11.4 Å². The van der Waals surface area contributed by atoms with E-state index in [2.05, 4.69) is 16.0 Å². The van der Waals surface area contributed by atoms with Crippen LogP contribution >= 0.6 is 0 Å². The Kier molecular flexibility index (Phi) is 8.92. The molecule has 9 heteroatoms. The molecule has 2 rings (SSSR count). The fourth-order valence-corrected chi connectivity index (χ4v) is 4.30. The molecule has 35 heavy (non-hydrogen) atoms. The second-order valence-corrected chi connectivity index (χ2v) is 11.5. The molecule has 1 aliphatic heterocycles. The van der Waals surface area contributed by atoms with Crippen molar-refractivity contribution in [2.24, 2.45) is 5.41 Å². The fraction of sp³-hybridized carbons (Fsp3) is 0.615. The zero-order valence-corrected chi connectivity index (χ0v) is 21.9. The Hall–Kier alpha value is -3.10. The monoisotopic (exact) mass is 489 g/mol. The third kappa shape index (κ3) is 9.96. The quantitative estimate of drug-likeness (QED) is 0.457. The molecule has 1 aromatic rings. The minimum Gasteiger partial charge on any atom is -0.484 e. The van der Waals surface area contributed by atoms with Crippen LogP contribution in [0.3, 0.4) is 0 Å². The number of ether oxygens (including phenoxy) is 2. The van der Waals surface area contributed by atoms with Gasteiger partial charge in [-0.05, 0) is 70.6 Å². The number of rotatable bonds is 9. The van der Waals surface area contributed by atoms with Gasteiger partial charge in [-0.25, -0.2) is 4.79 Å². The Bertz CT molecular complexity index is 931. The summed E-state index contributed by atoms with van der Waals surface area (Å²) in [5.41, 5.74) is -0.586. The van der Waals surface area contributed by atoms with Gasteiger partial charge in [0.25, 0.3) is 5.91 Å². The lowest BCUT2D eigenvalue weighted by Gasteiger charge is -2.36. The average molecular weight is 490 g/mol. The molecule has 194 valence electrons. The molecule has 0 radical (unpaired) electrons. The molecule has 0 bridgehead atoms. The van der Waals surface area contributed by atoms with Crippen molar-refractivity contribution in [2.45, 2.75) is 84.8 Å². The topological polar surface area (TPSA) is 123 Å². The van der Waals surface area contributed by atoms with Crippen molar-refractivity contribution in [3.05, 3.63) is 29.8 Å². The van der Waals surface area contributed by atoms with Crippen LogP contribution in [0.2, 0.25) is 0 Å². The van der Waals surface area contributed by atoms with Gasteiger partial charge in [0.2, 0.25) is 11.8 Å². The van der Waals surface area contributed by atoms with Gasteiger partial charge in [0.05, 0.1) is 5.92 Å². The summed E-state index contributed by atoms with van der Waals surface area (Å²) < 4.78 is 10.9. The lowest BCUT2D eigenvalue weighted by atomic mass is 9.80. The maximum absolute atomic E-state index is 12.5. The summed E-state index contributed by atoms with van der Waals surface area (Å²) in [6.07, 6.45) is 0.941. The lowest BCUT2D eigenvalue weighted by Crippen LogP contribution is -2.49. The minimum absolute atomic E-state index is 0.155. The normalized spacial score (nSPS) is 16.8. The van der Waals surface area contributed by atoms with Gasteiger partial charge < -0.3 is 20.1 Å². The van der Waals surface area contributed by atoms with Crippen molar-refractivity contribution in [2.75, 3.05) is 13.2 Å². The molecule has 1 fully saturated rings. The van der Waals surface area contributed by atoms with Crippen LogP contribution in [0, 0.1) is 5.41 Å². The summed E-state index contributed by atoms with van der Waals surface area (Å²) in [5, 5.41) is 8.14. The number of carbonyl (C=O) groups excluding carboxylic acids is 4. The highest BCUT2D eigenvalue weighted by atomic mass is 16.6. The first kappa shape index (κ1) is 28.1. The van der Waals surface area contributed by atoms with Crippen LogP contribution in [0.1, 0.15) is 79.2 Å². The Morgan fingerprint density at radius 3 is 2.23 bits per heavy atom. The zero-order valence-electron chi connectivity index (χ0n) is 21.9. The SMILES string of the molecule is CC(C)(CNC(=O)OC(C)(C)C)CC(C)(C)NC(=O)COc1ccc(C2CCC(=O)NC2=O)cc1. The third-order valence-corrected chi connectivity index (χ3v) is 5.40. The van der Waals surface area contributed by atoms with Crippen molar-refractivity contribution in [1.82, 2.24) is 16.0 Å². The van der Waals surface area contributed by atoms with E-state index >= 15 is 0 Å². The van der Waals surface area contributed by atoms with Gasteiger partial charge in [-0.15, -0.1) is 0 Å². The standard InChI is InChI=1S/C26H39N3O6/c1-24(2,3)35-23(33)27-16-25(4,5)15-26(6,7)29-21(31)14-34-18-10-8-17(9-11-18)19-12-13-20(30)28-22(19)32/h8-11,19H,12-16H2,1-7H3,(H,27,33)(H,29,31)(H,28,30,32). The number of nitrogens with one attached hydrogen (secondary N) is 3. The van der Waals surface area contributed by atoms with E-state index in [0.29, 0.717) is 31.6 Å². The number of hydrogen-bond acceptors (Lipinski definition) is 6. The van der Waals surface area contributed by atoms with Crippen molar-refractivity contribution in [1.29, 1.82) is 0 Å². The highest BCUT2D eigenvalue weighted by molar-refractivity contribution is 6.00. The van der Waals surface area contributed by atoms with Crippen LogP contribution in [-0.2, 0) is 19.1 Å². The predicted octanol–water partition coefficient (Wildman–Crippen LogP) is 3.42. The molecular formula is C26H39N3O6. The molecule has 9 nitrogen and oxygen atoms in total. The smallest absolute Gasteiger partial charge is 0.407 e. The van der Waals surface area contributed by atoms with Gasteiger partial charge in [0.15, 0.2) is 6.61 Å². The molecule has 1 heterocycles. The van der Waals surface area contributed by atoms with Gasteiger partial charge in [-0.3, -0.25) is 19.7 Å². The number of benzene rings is 1. The van der Waals surface area contributed by atoms with E-state index in [-0.39, 0.29) is 35.7 Å². The molecule has 1 unspecified atom stereocenters. The largest absolute Gasteiger partial charge is 0.484 e. The Morgan fingerprint density at radius 1 is 1.03 bits per heavy atom. The number of piperidine rings is 1.